The van der Waals surface area contributed by atoms with Crippen molar-refractivity contribution < 1.29 is 0 Å². The van der Waals surface area contributed by atoms with Crippen LogP contribution in [0.1, 0.15) is 31.0 Å². The normalized spacial score (nSPS) is 12.6. The molecule has 3 nitrogen and oxygen atoms in total. The predicted octanol–water partition coefficient (Wildman–Crippen LogP) is 3.41. The maximum atomic E-state index is 5.96. The van der Waals surface area contributed by atoms with Crippen LogP contribution in [0, 0.1) is 0 Å². The van der Waals surface area contributed by atoms with Gasteiger partial charge in [-0.1, -0.05) is 23.7 Å². The van der Waals surface area contributed by atoms with Crippen LogP contribution in [0.2, 0.25) is 5.02 Å². The Balaban J connectivity index is 1.93. The Labute approximate surface area is 113 Å². The second kappa shape index (κ2) is 6.03. The summed E-state index contributed by atoms with van der Waals surface area (Å²) in [7, 11) is 0. The van der Waals surface area contributed by atoms with Crippen LogP contribution in [0.25, 0.3) is 0 Å². The SMILES string of the molecule is CCn1cc(C(C)NCc2cccc(Cl)c2)cn1. The number of halogens is 1. The molecule has 0 aliphatic rings. The average Bonchev–Trinajstić information content (AvgIpc) is 2.85. The Morgan fingerprint density at radius 2 is 2.28 bits per heavy atom. The third-order valence-electron chi connectivity index (χ3n) is 2.98. The van der Waals surface area contributed by atoms with E-state index in [0.717, 1.165) is 18.1 Å². The standard InChI is InChI=1S/C14H18ClN3/c1-3-18-10-13(9-17-18)11(2)16-8-12-5-4-6-14(15)7-12/h4-7,9-11,16H,3,8H2,1-2H3. The molecule has 0 fully saturated rings. The van der Waals surface area contributed by atoms with Crippen molar-refractivity contribution in [3.05, 3.63) is 52.8 Å². The van der Waals surface area contributed by atoms with Crippen molar-refractivity contribution in [2.45, 2.75) is 33.0 Å². The van der Waals surface area contributed by atoms with Crippen LogP contribution in [0.15, 0.2) is 36.7 Å². The summed E-state index contributed by atoms with van der Waals surface area (Å²) in [5.74, 6) is 0. The van der Waals surface area contributed by atoms with E-state index in [1.165, 1.54) is 11.1 Å². The zero-order chi connectivity index (χ0) is 13.0. The van der Waals surface area contributed by atoms with E-state index in [4.69, 9.17) is 11.6 Å². The Bertz CT molecular complexity index is 507. The van der Waals surface area contributed by atoms with Crippen molar-refractivity contribution in [3.8, 4) is 0 Å². The maximum Gasteiger partial charge on any atom is 0.0537 e. The minimum Gasteiger partial charge on any atom is -0.306 e. The molecule has 0 bridgehead atoms. The summed E-state index contributed by atoms with van der Waals surface area (Å²) in [5.41, 5.74) is 2.40. The first-order chi connectivity index (χ1) is 8.69. The molecule has 1 heterocycles. The molecular weight excluding hydrogens is 246 g/mol. The van der Waals surface area contributed by atoms with Gasteiger partial charge in [0.1, 0.15) is 0 Å². The van der Waals surface area contributed by atoms with E-state index < -0.39 is 0 Å². The number of nitrogens with one attached hydrogen (secondary N) is 1. The van der Waals surface area contributed by atoms with Crippen molar-refractivity contribution >= 4 is 11.6 Å². The molecule has 2 rings (SSSR count). The fraction of sp³-hybridized carbons (Fsp3) is 0.357. The lowest BCUT2D eigenvalue weighted by atomic mass is 10.1. The molecule has 1 unspecified atom stereocenters. The molecule has 1 aromatic heterocycles. The summed E-state index contributed by atoms with van der Waals surface area (Å²) < 4.78 is 1.94. The molecule has 4 heteroatoms. The minimum absolute atomic E-state index is 0.282. The third-order valence-corrected chi connectivity index (χ3v) is 3.21. The number of rotatable bonds is 5. The monoisotopic (exact) mass is 263 g/mol. The number of aryl methyl sites for hydroxylation is 1. The van der Waals surface area contributed by atoms with Gasteiger partial charge in [0.15, 0.2) is 0 Å². The van der Waals surface area contributed by atoms with Gasteiger partial charge in [-0.15, -0.1) is 0 Å². The van der Waals surface area contributed by atoms with Crippen LogP contribution in [-0.2, 0) is 13.1 Å². The highest BCUT2D eigenvalue weighted by atomic mass is 35.5. The summed E-state index contributed by atoms with van der Waals surface area (Å²) in [6.07, 6.45) is 3.99. The van der Waals surface area contributed by atoms with E-state index >= 15 is 0 Å². The highest BCUT2D eigenvalue weighted by Gasteiger charge is 2.07. The average molecular weight is 264 g/mol. The van der Waals surface area contributed by atoms with Crippen LogP contribution >= 0.6 is 11.6 Å². The smallest absolute Gasteiger partial charge is 0.0537 e. The van der Waals surface area contributed by atoms with Gasteiger partial charge >= 0.3 is 0 Å². The van der Waals surface area contributed by atoms with Crippen molar-refractivity contribution in [2.24, 2.45) is 0 Å². The topological polar surface area (TPSA) is 29.9 Å². The summed E-state index contributed by atoms with van der Waals surface area (Å²) in [6.45, 7) is 5.93. The van der Waals surface area contributed by atoms with Gasteiger partial charge in [0.25, 0.3) is 0 Å². The lowest BCUT2D eigenvalue weighted by molar-refractivity contribution is 0.573. The van der Waals surface area contributed by atoms with Crippen molar-refractivity contribution in [2.75, 3.05) is 0 Å². The van der Waals surface area contributed by atoms with Gasteiger partial charge in [-0.05, 0) is 31.5 Å². The van der Waals surface area contributed by atoms with Crippen LogP contribution in [0.4, 0.5) is 0 Å². The first kappa shape index (κ1) is 13.1. The molecule has 1 aromatic carbocycles. The first-order valence-electron chi connectivity index (χ1n) is 6.19. The van der Waals surface area contributed by atoms with Crippen LogP contribution in [0.5, 0.6) is 0 Å². The third kappa shape index (κ3) is 3.34. The maximum absolute atomic E-state index is 5.96. The summed E-state index contributed by atoms with van der Waals surface area (Å²) in [6, 6.07) is 8.20. The van der Waals surface area contributed by atoms with Gasteiger partial charge in [-0.2, -0.15) is 5.10 Å². The zero-order valence-corrected chi connectivity index (χ0v) is 11.5. The number of hydrogen-bond acceptors (Lipinski definition) is 2. The van der Waals surface area contributed by atoms with Crippen molar-refractivity contribution in [3.63, 3.8) is 0 Å². The first-order valence-corrected chi connectivity index (χ1v) is 6.57. The van der Waals surface area contributed by atoms with Gasteiger partial charge in [0.2, 0.25) is 0 Å². The molecule has 0 spiro atoms. The van der Waals surface area contributed by atoms with E-state index in [0.29, 0.717) is 0 Å². The van der Waals surface area contributed by atoms with E-state index in [2.05, 4.69) is 36.5 Å². The molecule has 0 aliphatic heterocycles. The van der Waals surface area contributed by atoms with E-state index in [1.54, 1.807) is 0 Å². The molecule has 2 aromatic rings. The van der Waals surface area contributed by atoms with E-state index in [1.807, 2.05) is 29.1 Å². The highest BCUT2D eigenvalue weighted by molar-refractivity contribution is 6.30. The summed E-state index contributed by atoms with van der Waals surface area (Å²) >= 11 is 5.96. The van der Waals surface area contributed by atoms with Crippen LogP contribution in [0.3, 0.4) is 0 Å². The molecule has 1 N–H and O–H groups in total. The van der Waals surface area contributed by atoms with Crippen LogP contribution in [-0.4, -0.2) is 9.78 Å². The van der Waals surface area contributed by atoms with Gasteiger partial charge in [0, 0.05) is 35.9 Å². The van der Waals surface area contributed by atoms with Crippen molar-refractivity contribution in [1.82, 2.24) is 15.1 Å². The molecule has 0 saturated heterocycles. The number of benzene rings is 1. The number of nitrogens with zero attached hydrogens (tertiary/aromatic N) is 2. The second-order valence-corrected chi connectivity index (χ2v) is 4.80. The van der Waals surface area contributed by atoms with Crippen molar-refractivity contribution in [1.29, 1.82) is 0 Å². The Hall–Kier alpha value is -1.32. The molecule has 0 radical (unpaired) electrons. The summed E-state index contributed by atoms with van der Waals surface area (Å²) in [5, 5.41) is 8.53. The fourth-order valence-electron chi connectivity index (χ4n) is 1.81. The number of aromatic nitrogens is 2. The quantitative estimate of drug-likeness (QED) is 0.896. The van der Waals surface area contributed by atoms with E-state index in [9.17, 15) is 0 Å². The Kier molecular flexibility index (Phi) is 4.39. The Morgan fingerprint density at radius 1 is 1.44 bits per heavy atom. The molecule has 0 aliphatic carbocycles. The number of hydrogen-bond donors (Lipinski definition) is 1. The molecule has 1 atom stereocenters. The Morgan fingerprint density at radius 3 is 2.94 bits per heavy atom. The van der Waals surface area contributed by atoms with Crippen LogP contribution < -0.4 is 5.32 Å². The molecule has 96 valence electrons. The lowest BCUT2D eigenvalue weighted by Gasteiger charge is -2.12. The zero-order valence-electron chi connectivity index (χ0n) is 10.7. The van der Waals surface area contributed by atoms with Gasteiger partial charge in [-0.3, -0.25) is 4.68 Å². The lowest BCUT2D eigenvalue weighted by Crippen LogP contribution is -2.17. The predicted molar refractivity (Wildman–Crippen MR) is 74.6 cm³/mol. The molecule has 18 heavy (non-hydrogen) atoms. The van der Waals surface area contributed by atoms with Gasteiger partial charge in [-0.25, -0.2) is 0 Å². The highest BCUT2D eigenvalue weighted by Crippen LogP contribution is 2.14. The largest absolute Gasteiger partial charge is 0.306 e. The second-order valence-electron chi connectivity index (χ2n) is 4.36. The molecule has 0 amide bonds. The molecular formula is C14H18ClN3. The van der Waals surface area contributed by atoms with E-state index in [-0.39, 0.29) is 6.04 Å². The van der Waals surface area contributed by atoms with Gasteiger partial charge < -0.3 is 5.32 Å². The molecule has 0 saturated carbocycles. The van der Waals surface area contributed by atoms with Gasteiger partial charge in [0.05, 0.1) is 6.20 Å². The minimum atomic E-state index is 0.282. The summed E-state index contributed by atoms with van der Waals surface area (Å²) in [4.78, 5) is 0. The fourth-order valence-corrected chi connectivity index (χ4v) is 2.02.